The van der Waals surface area contributed by atoms with Gasteiger partial charge >= 0.3 is 0 Å². The maximum atomic E-state index is 12.8. The summed E-state index contributed by atoms with van der Waals surface area (Å²) in [5.41, 5.74) is -0.133. The largest absolute Gasteiger partial charge is 0.508 e. The summed E-state index contributed by atoms with van der Waals surface area (Å²) in [5.74, 6) is -0.901. The second kappa shape index (κ2) is 8.89. The van der Waals surface area contributed by atoms with Crippen LogP contribution in [0.4, 0.5) is 0 Å². The fourth-order valence-corrected chi connectivity index (χ4v) is 3.58. The van der Waals surface area contributed by atoms with Crippen LogP contribution in [0, 0.1) is 0 Å². The Labute approximate surface area is 186 Å². The van der Waals surface area contributed by atoms with Crippen molar-refractivity contribution in [2.75, 3.05) is 13.7 Å². The molecule has 1 fully saturated rings. The molecule has 0 aliphatic carbocycles. The zero-order valence-corrected chi connectivity index (χ0v) is 17.3. The van der Waals surface area contributed by atoms with Gasteiger partial charge in [-0.25, -0.2) is 0 Å². The van der Waals surface area contributed by atoms with E-state index in [2.05, 4.69) is 0 Å². The summed E-state index contributed by atoms with van der Waals surface area (Å²) in [5, 5.41) is 59.5. The number of benzene rings is 2. The number of aliphatic hydroxyl groups is 4. The molecule has 5 atom stereocenters. The lowest BCUT2D eigenvalue weighted by atomic mass is 9.99. The lowest BCUT2D eigenvalue weighted by Crippen LogP contribution is -2.60. The Balaban J connectivity index is 1.77. The van der Waals surface area contributed by atoms with Crippen molar-refractivity contribution >= 4 is 11.0 Å². The van der Waals surface area contributed by atoms with Crippen molar-refractivity contribution in [3.63, 3.8) is 0 Å². The van der Waals surface area contributed by atoms with E-state index in [9.17, 15) is 35.4 Å². The number of aliphatic hydroxyl groups excluding tert-OH is 4. The number of hydrogen-bond acceptors (Lipinski definition) is 11. The zero-order chi connectivity index (χ0) is 23.9. The highest BCUT2D eigenvalue weighted by molar-refractivity contribution is 5.89. The Kier molecular flexibility index (Phi) is 6.15. The fourth-order valence-electron chi connectivity index (χ4n) is 3.58. The first-order valence-corrected chi connectivity index (χ1v) is 9.89. The molecule has 0 saturated carbocycles. The van der Waals surface area contributed by atoms with Gasteiger partial charge in [-0.15, -0.1) is 0 Å². The van der Waals surface area contributed by atoms with Crippen molar-refractivity contribution < 1.29 is 49.3 Å². The van der Waals surface area contributed by atoms with E-state index in [-0.39, 0.29) is 34.0 Å². The minimum absolute atomic E-state index is 0.0268. The Hall–Kier alpha value is -3.35. The summed E-state index contributed by atoms with van der Waals surface area (Å²) in [4.78, 5) is 12.8. The maximum absolute atomic E-state index is 12.8. The fraction of sp³-hybridized carbons (Fsp3) is 0.318. The van der Waals surface area contributed by atoms with Crippen LogP contribution in [0.3, 0.4) is 0 Å². The number of hydrogen-bond donors (Lipinski definition) is 6. The number of fused-ring (bicyclic) bond motifs is 1. The first-order chi connectivity index (χ1) is 15.7. The summed E-state index contributed by atoms with van der Waals surface area (Å²) >= 11 is 0. The quantitative estimate of drug-likeness (QED) is 0.302. The minimum atomic E-state index is -1.74. The van der Waals surface area contributed by atoms with Crippen LogP contribution in [0.25, 0.3) is 22.3 Å². The minimum Gasteiger partial charge on any atom is -0.508 e. The molecule has 2 heterocycles. The van der Waals surface area contributed by atoms with Crippen LogP contribution in [-0.4, -0.2) is 75.1 Å². The van der Waals surface area contributed by atoms with Gasteiger partial charge < -0.3 is 49.3 Å². The van der Waals surface area contributed by atoms with Crippen LogP contribution < -0.4 is 14.9 Å². The number of phenolic OH excluding ortho intramolecular Hbond substituents is 2. The highest BCUT2D eigenvalue weighted by Crippen LogP contribution is 2.43. The van der Waals surface area contributed by atoms with Crippen LogP contribution in [0.2, 0.25) is 0 Å². The number of phenols is 2. The maximum Gasteiger partial charge on any atom is 0.229 e. The van der Waals surface area contributed by atoms with Crippen molar-refractivity contribution in [1.29, 1.82) is 0 Å². The molecule has 11 heteroatoms. The van der Waals surface area contributed by atoms with Gasteiger partial charge in [0.05, 0.1) is 13.7 Å². The number of aromatic hydroxyl groups is 2. The molecular weight excluding hydrogens is 440 g/mol. The molecule has 4 unspecified atom stereocenters. The summed E-state index contributed by atoms with van der Waals surface area (Å²) in [6, 6.07) is 8.39. The molecule has 33 heavy (non-hydrogen) atoms. The standard InChI is InChI=1S/C22H22O11/c1-30-14-7-13-16(11(25)6-12(31-13)9-2-4-10(24)5-3-9)18(27)21(14)33-22-20(29)19(28)17(26)15(8-23)32-22/h2-7,15,17,19-20,22-24,26-29H,8H2,1H3/t15?,17-,19?,20?,22?/m0/s1. The summed E-state index contributed by atoms with van der Waals surface area (Å²) in [6.07, 6.45) is -7.88. The zero-order valence-electron chi connectivity index (χ0n) is 17.3. The van der Waals surface area contributed by atoms with E-state index in [4.69, 9.17) is 18.6 Å². The van der Waals surface area contributed by atoms with Gasteiger partial charge in [0.25, 0.3) is 0 Å². The second-order valence-electron chi connectivity index (χ2n) is 7.47. The summed E-state index contributed by atoms with van der Waals surface area (Å²) in [7, 11) is 1.27. The van der Waals surface area contributed by atoms with Crippen molar-refractivity contribution in [2.24, 2.45) is 0 Å². The molecule has 1 aliphatic heterocycles. The summed E-state index contributed by atoms with van der Waals surface area (Å²) < 4.78 is 21.8. The van der Waals surface area contributed by atoms with Crippen LogP contribution in [-0.2, 0) is 4.74 Å². The van der Waals surface area contributed by atoms with E-state index in [1.54, 1.807) is 12.1 Å². The normalized spacial score (nSPS) is 25.2. The van der Waals surface area contributed by atoms with E-state index >= 15 is 0 Å². The molecule has 6 N–H and O–H groups in total. The van der Waals surface area contributed by atoms with Gasteiger partial charge in [-0.05, 0) is 24.3 Å². The second-order valence-corrected chi connectivity index (χ2v) is 7.47. The Morgan fingerprint density at radius 1 is 1.00 bits per heavy atom. The van der Waals surface area contributed by atoms with E-state index in [0.717, 1.165) is 6.07 Å². The lowest BCUT2D eigenvalue weighted by molar-refractivity contribution is -0.277. The van der Waals surface area contributed by atoms with Crippen molar-refractivity contribution in [3.8, 4) is 34.3 Å². The molecule has 11 nitrogen and oxygen atoms in total. The molecule has 2 aromatic carbocycles. The van der Waals surface area contributed by atoms with Gasteiger partial charge in [0, 0.05) is 17.7 Å². The van der Waals surface area contributed by atoms with Crippen molar-refractivity contribution in [2.45, 2.75) is 30.7 Å². The smallest absolute Gasteiger partial charge is 0.229 e. The van der Waals surface area contributed by atoms with Gasteiger partial charge in [0.1, 0.15) is 46.9 Å². The molecule has 0 amide bonds. The highest BCUT2D eigenvalue weighted by Gasteiger charge is 2.45. The molecule has 0 radical (unpaired) electrons. The van der Waals surface area contributed by atoms with E-state index in [1.165, 1.54) is 25.3 Å². The molecule has 3 aromatic rings. The Bertz CT molecular complexity index is 1200. The monoisotopic (exact) mass is 462 g/mol. The third kappa shape index (κ3) is 4.08. The Morgan fingerprint density at radius 2 is 1.70 bits per heavy atom. The number of ether oxygens (including phenoxy) is 3. The van der Waals surface area contributed by atoms with Gasteiger partial charge in [-0.2, -0.15) is 0 Å². The number of methoxy groups -OCH3 is 1. The lowest BCUT2D eigenvalue weighted by Gasteiger charge is -2.39. The molecule has 176 valence electrons. The Morgan fingerprint density at radius 3 is 2.33 bits per heavy atom. The topological polar surface area (TPSA) is 179 Å². The van der Waals surface area contributed by atoms with Gasteiger partial charge in [-0.1, -0.05) is 0 Å². The van der Waals surface area contributed by atoms with Crippen molar-refractivity contribution in [3.05, 3.63) is 46.6 Å². The predicted molar refractivity (Wildman–Crippen MR) is 112 cm³/mol. The highest BCUT2D eigenvalue weighted by atomic mass is 16.7. The average molecular weight is 462 g/mol. The van der Waals surface area contributed by atoms with Crippen LogP contribution >= 0.6 is 0 Å². The van der Waals surface area contributed by atoms with Gasteiger partial charge in [-0.3, -0.25) is 4.79 Å². The summed E-state index contributed by atoms with van der Waals surface area (Å²) in [6.45, 7) is -0.671. The van der Waals surface area contributed by atoms with Gasteiger partial charge in [0.15, 0.2) is 16.9 Å². The molecule has 1 saturated heterocycles. The SMILES string of the molecule is COc1cc2oc(-c3ccc(O)cc3)cc(=O)c2c(O)c1OC1OC(CO)[C@H](O)C(O)C1O. The van der Waals surface area contributed by atoms with Crippen molar-refractivity contribution in [1.82, 2.24) is 0 Å². The van der Waals surface area contributed by atoms with Crippen LogP contribution in [0.1, 0.15) is 0 Å². The molecule has 1 aliphatic rings. The predicted octanol–water partition coefficient (Wildman–Crippen LogP) is 0.0585. The first-order valence-electron chi connectivity index (χ1n) is 9.89. The average Bonchev–Trinajstić information content (AvgIpc) is 2.80. The number of rotatable bonds is 5. The first kappa shape index (κ1) is 22.8. The van der Waals surface area contributed by atoms with Gasteiger partial charge in [0.2, 0.25) is 12.0 Å². The molecular formula is C22H22O11. The third-order valence-corrected chi connectivity index (χ3v) is 5.37. The molecule has 0 spiro atoms. The van der Waals surface area contributed by atoms with Crippen LogP contribution in [0.5, 0.6) is 23.0 Å². The van der Waals surface area contributed by atoms with E-state index in [1.807, 2.05) is 0 Å². The molecule has 0 bridgehead atoms. The molecule has 1 aromatic heterocycles. The van der Waals surface area contributed by atoms with E-state index in [0.29, 0.717) is 5.56 Å². The third-order valence-electron chi connectivity index (χ3n) is 5.37. The molecule has 4 rings (SSSR count). The van der Waals surface area contributed by atoms with E-state index < -0.39 is 48.5 Å². The van der Waals surface area contributed by atoms with Crippen LogP contribution in [0.15, 0.2) is 45.6 Å².